The average Bonchev–Trinajstić information content (AvgIpc) is 2.93. The summed E-state index contributed by atoms with van der Waals surface area (Å²) < 4.78 is 13.7. The Morgan fingerprint density at radius 2 is 2.11 bits per heavy atom. The molecule has 0 N–H and O–H groups in total. The predicted molar refractivity (Wildman–Crippen MR) is 77.7 cm³/mol. The lowest BCUT2D eigenvalue weighted by Crippen LogP contribution is -1.90. The second-order valence-corrected chi connectivity index (χ2v) is 5.02. The molecule has 18 heavy (non-hydrogen) atoms. The van der Waals surface area contributed by atoms with E-state index in [9.17, 15) is 0 Å². The molecule has 0 fully saturated rings. The molecule has 0 radical (unpaired) electrons. The zero-order valence-corrected chi connectivity index (χ0v) is 12.1. The fraction of sp³-hybridized carbons (Fsp3) is 0.154. The van der Waals surface area contributed by atoms with Crippen LogP contribution in [0.4, 0.5) is 0 Å². The minimum absolute atomic E-state index is 0.775. The van der Waals surface area contributed by atoms with Gasteiger partial charge in [-0.3, -0.25) is 0 Å². The van der Waals surface area contributed by atoms with E-state index in [-0.39, 0.29) is 0 Å². The van der Waals surface area contributed by atoms with Gasteiger partial charge in [0.25, 0.3) is 0 Å². The van der Waals surface area contributed by atoms with Gasteiger partial charge in [-0.2, -0.15) is 0 Å². The first kappa shape index (κ1) is 11.6. The summed E-state index contributed by atoms with van der Waals surface area (Å²) in [7, 11) is 3.63. The van der Waals surface area contributed by atoms with Crippen molar-refractivity contribution in [2.75, 3.05) is 7.11 Å². The lowest BCUT2D eigenvalue weighted by atomic mass is 10.3. The normalized spacial score (nSPS) is 11.1. The van der Waals surface area contributed by atoms with Gasteiger partial charge < -0.3 is 13.7 Å². The van der Waals surface area contributed by atoms with Crippen LogP contribution in [0.5, 0.6) is 5.75 Å². The maximum absolute atomic E-state index is 5.61. The zero-order chi connectivity index (χ0) is 12.7. The van der Waals surface area contributed by atoms with E-state index in [1.165, 1.54) is 0 Å². The second-order valence-electron chi connectivity index (χ2n) is 3.95. The van der Waals surface area contributed by atoms with Gasteiger partial charge in [0.2, 0.25) is 0 Å². The molecular weight excluding hydrogens is 343 g/mol. The molecule has 3 rings (SSSR count). The lowest BCUT2D eigenvalue weighted by molar-refractivity contribution is 0.415. The van der Waals surface area contributed by atoms with Crippen molar-refractivity contribution >= 4 is 33.6 Å². The van der Waals surface area contributed by atoms with Crippen molar-refractivity contribution in [3.63, 3.8) is 0 Å². The fourth-order valence-electron chi connectivity index (χ4n) is 1.96. The Hall–Kier alpha value is -1.50. The van der Waals surface area contributed by atoms with E-state index in [1.807, 2.05) is 41.9 Å². The number of nitrogens with zero attached hydrogens (tertiary/aromatic N) is 2. The lowest BCUT2D eigenvalue weighted by Gasteiger charge is -2.00. The van der Waals surface area contributed by atoms with Crippen molar-refractivity contribution < 1.29 is 9.15 Å². The number of furan rings is 1. The minimum Gasteiger partial charge on any atom is -0.497 e. The van der Waals surface area contributed by atoms with Gasteiger partial charge >= 0.3 is 0 Å². The van der Waals surface area contributed by atoms with Crippen LogP contribution in [0.2, 0.25) is 0 Å². The highest BCUT2D eigenvalue weighted by Gasteiger charge is 2.13. The highest BCUT2D eigenvalue weighted by molar-refractivity contribution is 14.1. The van der Waals surface area contributed by atoms with E-state index >= 15 is 0 Å². The van der Waals surface area contributed by atoms with E-state index in [0.29, 0.717) is 0 Å². The number of hydrogen-bond acceptors (Lipinski definition) is 3. The van der Waals surface area contributed by atoms with Crippen LogP contribution in [0.3, 0.4) is 0 Å². The zero-order valence-electron chi connectivity index (χ0n) is 9.98. The van der Waals surface area contributed by atoms with Crippen LogP contribution in [0.15, 0.2) is 34.7 Å². The Labute approximate surface area is 118 Å². The second kappa shape index (κ2) is 4.31. The SMILES string of the molecule is COc1ccc2c(c1)nc(-c1ccc(I)o1)n2C. The smallest absolute Gasteiger partial charge is 0.177 e. The van der Waals surface area contributed by atoms with Crippen molar-refractivity contribution in [2.24, 2.45) is 7.05 Å². The number of imidazole rings is 1. The van der Waals surface area contributed by atoms with Crippen molar-refractivity contribution in [3.05, 3.63) is 34.1 Å². The summed E-state index contributed by atoms with van der Waals surface area (Å²) in [5.41, 5.74) is 1.95. The third-order valence-corrected chi connectivity index (χ3v) is 3.46. The monoisotopic (exact) mass is 354 g/mol. The van der Waals surface area contributed by atoms with Gasteiger partial charge in [-0.05, 0) is 46.9 Å². The molecule has 0 saturated heterocycles. The van der Waals surface area contributed by atoms with Gasteiger partial charge in [-0.1, -0.05) is 0 Å². The van der Waals surface area contributed by atoms with E-state index in [0.717, 1.165) is 32.1 Å². The summed E-state index contributed by atoms with van der Waals surface area (Å²) >= 11 is 2.15. The number of aryl methyl sites for hydroxylation is 1. The van der Waals surface area contributed by atoms with Crippen molar-refractivity contribution in [2.45, 2.75) is 0 Å². The van der Waals surface area contributed by atoms with Gasteiger partial charge in [-0.15, -0.1) is 0 Å². The third kappa shape index (κ3) is 1.78. The molecule has 2 aromatic heterocycles. The van der Waals surface area contributed by atoms with Gasteiger partial charge in [-0.25, -0.2) is 4.98 Å². The quantitative estimate of drug-likeness (QED) is 0.662. The molecule has 0 unspecified atom stereocenters. The average molecular weight is 354 g/mol. The Morgan fingerprint density at radius 3 is 2.78 bits per heavy atom. The summed E-state index contributed by atoms with van der Waals surface area (Å²) in [6.07, 6.45) is 0. The Balaban J connectivity index is 2.22. The number of rotatable bonds is 2. The van der Waals surface area contributed by atoms with Crippen molar-refractivity contribution in [1.29, 1.82) is 0 Å². The fourth-order valence-corrected chi connectivity index (χ4v) is 2.38. The molecule has 0 bridgehead atoms. The summed E-state index contributed by atoms with van der Waals surface area (Å²) in [4.78, 5) is 4.59. The maximum Gasteiger partial charge on any atom is 0.177 e. The van der Waals surface area contributed by atoms with E-state index in [4.69, 9.17) is 9.15 Å². The van der Waals surface area contributed by atoms with Crippen LogP contribution in [0, 0.1) is 3.77 Å². The largest absolute Gasteiger partial charge is 0.497 e. The molecule has 5 heteroatoms. The minimum atomic E-state index is 0.775. The maximum atomic E-state index is 5.61. The van der Waals surface area contributed by atoms with Gasteiger partial charge in [0.15, 0.2) is 15.4 Å². The first-order valence-electron chi connectivity index (χ1n) is 5.45. The highest BCUT2D eigenvalue weighted by atomic mass is 127. The van der Waals surface area contributed by atoms with Crippen LogP contribution in [0.1, 0.15) is 0 Å². The standard InChI is InChI=1S/C13H11IN2O2/c1-16-10-4-3-8(17-2)7-9(10)15-13(16)11-5-6-12(14)18-11/h3-7H,1-2H3. The molecule has 3 aromatic rings. The molecule has 4 nitrogen and oxygen atoms in total. The van der Waals surface area contributed by atoms with Crippen molar-refractivity contribution in [3.8, 4) is 17.3 Å². The molecule has 0 spiro atoms. The number of methoxy groups -OCH3 is 1. The van der Waals surface area contributed by atoms with Gasteiger partial charge in [0, 0.05) is 13.1 Å². The molecule has 0 amide bonds. The van der Waals surface area contributed by atoms with Crippen LogP contribution >= 0.6 is 22.6 Å². The molecular formula is C13H11IN2O2. The summed E-state index contributed by atoms with van der Waals surface area (Å²) in [5.74, 6) is 2.40. The number of benzene rings is 1. The molecule has 1 aromatic carbocycles. The number of halogens is 1. The third-order valence-electron chi connectivity index (χ3n) is 2.88. The summed E-state index contributed by atoms with van der Waals surface area (Å²) in [5, 5.41) is 0. The topological polar surface area (TPSA) is 40.2 Å². The van der Waals surface area contributed by atoms with E-state index in [1.54, 1.807) is 7.11 Å². The number of ether oxygens (including phenoxy) is 1. The molecule has 0 atom stereocenters. The molecule has 0 aliphatic heterocycles. The molecule has 0 aliphatic rings. The molecule has 0 saturated carbocycles. The predicted octanol–water partition coefficient (Wildman–Crippen LogP) is 3.45. The van der Waals surface area contributed by atoms with Crippen LogP contribution in [0.25, 0.3) is 22.6 Å². The van der Waals surface area contributed by atoms with Crippen molar-refractivity contribution in [1.82, 2.24) is 9.55 Å². The Kier molecular flexibility index (Phi) is 2.77. The van der Waals surface area contributed by atoms with E-state index < -0.39 is 0 Å². The number of hydrogen-bond donors (Lipinski definition) is 0. The molecule has 0 aliphatic carbocycles. The first-order valence-corrected chi connectivity index (χ1v) is 6.53. The van der Waals surface area contributed by atoms with Crippen LogP contribution in [-0.2, 0) is 7.05 Å². The van der Waals surface area contributed by atoms with E-state index in [2.05, 4.69) is 27.6 Å². The Morgan fingerprint density at radius 1 is 1.28 bits per heavy atom. The number of aromatic nitrogens is 2. The highest BCUT2D eigenvalue weighted by Crippen LogP contribution is 2.27. The first-order chi connectivity index (χ1) is 8.69. The van der Waals surface area contributed by atoms with Crippen LogP contribution in [-0.4, -0.2) is 16.7 Å². The Bertz CT molecular complexity index is 715. The molecule has 92 valence electrons. The van der Waals surface area contributed by atoms with Crippen LogP contribution < -0.4 is 4.74 Å². The van der Waals surface area contributed by atoms with Gasteiger partial charge in [0.1, 0.15) is 5.75 Å². The number of fused-ring (bicyclic) bond motifs is 1. The van der Waals surface area contributed by atoms with Gasteiger partial charge in [0.05, 0.1) is 18.1 Å². The molecule has 2 heterocycles. The summed E-state index contributed by atoms with van der Waals surface area (Å²) in [6, 6.07) is 9.71. The summed E-state index contributed by atoms with van der Waals surface area (Å²) in [6.45, 7) is 0.